The van der Waals surface area contributed by atoms with E-state index in [2.05, 4.69) is 17.4 Å². The number of nitrogens with one attached hydrogen (secondary N) is 1. The van der Waals surface area contributed by atoms with Crippen LogP contribution in [0, 0.1) is 0 Å². The van der Waals surface area contributed by atoms with Crippen molar-refractivity contribution >= 4 is 11.9 Å². The lowest BCUT2D eigenvalue weighted by Crippen LogP contribution is -2.41. The minimum Gasteiger partial charge on any atom is -0.493 e. The fourth-order valence-corrected chi connectivity index (χ4v) is 2.91. The second-order valence-corrected chi connectivity index (χ2v) is 6.93. The van der Waals surface area contributed by atoms with Crippen LogP contribution in [-0.4, -0.2) is 38.2 Å². The Kier molecular flexibility index (Phi) is 8.52. The highest BCUT2D eigenvalue weighted by atomic mass is 16.5. The molecule has 0 saturated carbocycles. The van der Waals surface area contributed by atoms with Gasteiger partial charge >= 0.3 is 5.97 Å². The first-order chi connectivity index (χ1) is 13.9. The molecule has 0 unspecified atom stereocenters. The summed E-state index contributed by atoms with van der Waals surface area (Å²) in [5.74, 6) is 0.348. The van der Waals surface area contributed by atoms with E-state index in [1.54, 1.807) is 32.2 Å². The van der Waals surface area contributed by atoms with Gasteiger partial charge in [0.05, 0.1) is 20.6 Å². The number of aryl methyl sites for hydroxylation is 1. The highest BCUT2D eigenvalue weighted by Gasteiger charge is 2.20. The predicted molar refractivity (Wildman–Crippen MR) is 111 cm³/mol. The molecule has 156 valence electrons. The molecule has 1 amide bonds. The van der Waals surface area contributed by atoms with E-state index in [1.165, 1.54) is 12.7 Å². The number of ether oxygens (including phenoxy) is 3. The summed E-state index contributed by atoms with van der Waals surface area (Å²) in [5, 5.41) is 2.90. The Morgan fingerprint density at radius 2 is 1.62 bits per heavy atom. The van der Waals surface area contributed by atoms with Crippen molar-refractivity contribution in [1.82, 2.24) is 5.32 Å². The number of carbonyl (C=O) groups is 2. The summed E-state index contributed by atoms with van der Waals surface area (Å²) in [6, 6.07) is 15.3. The molecule has 0 aliphatic rings. The van der Waals surface area contributed by atoms with E-state index in [1.807, 2.05) is 25.1 Å². The monoisotopic (exact) mass is 399 g/mol. The van der Waals surface area contributed by atoms with Gasteiger partial charge < -0.3 is 19.5 Å². The summed E-state index contributed by atoms with van der Waals surface area (Å²) in [6.45, 7) is 3.52. The summed E-state index contributed by atoms with van der Waals surface area (Å²) in [7, 11) is 3.08. The highest BCUT2D eigenvalue weighted by molar-refractivity contribution is 5.84. The molecule has 0 spiro atoms. The van der Waals surface area contributed by atoms with Gasteiger partial charge in [0.15, 0.2) is 17.6 Å². The Morgan fingerprint density at radius 3 is 2.28 bits per heavy atom. The molecule has 2 aromatic rings. The predicted octanol–water partition coefficient (Wildman–Crippen LogP) is 3.32. The lowest BCUT2D eigenvalue weighted by atomic mass is 10.1. The molecule has 0 aliphatic carbocycles. The van der Waals surface area contributed by atoms with E-state index in [0.717, 1.165) is 18.4 Å². The molecule has 0 aliphatic heterocycles. The van der Waals surface area contributed by atoms with Crippen molar-refractivity contribution in [3.05, 3.63) is 59.7 Å². The molecule has 0 aromatic heterocycles. The van der Waals surface area contributed by atoms with Gasteiger partial charge in [-0.25, -0.2) is 0 Å². The second-order valence-electron chi connectivity index (χ2n) is 6.93. The highest BCUT2D eigenvalue weighted by Crippen LogP contribution is 2.27. The Balaban J connectivity index is 1.80. The molecule has 0 fully saturated rings. The molecule has 0 heterocycles. The van der Waals surface area contributed by atoms with Crippen molar-refractivity contribution in [3.8, 4) is 11.5 Å². The molecule has 0 radical (unpaired) electrons. The van der Waals surface area contributed by atoms with Gasteiger partial charge in [-0.1, -0.05) is 36.4 Å². The average Bonchev–Trinajstić information content (AvgIpc) is 2.72. The fraction of sp³-hybridized carbons (Fsp3) is 0.391. The summed E-state index contributed by atoms with van der Waals surface area (Å²) in [4.78, 5) is 24.5. The van der Waals surface area contributed by atoms with Crippen LogP contribution in [0.15, 0.2) is 48.5 Å². The first kappa shape index (κ1) is 22.3. The maximum absolute atomic E-state index is 12.3. The zero-order chi connectivity index (χ0) is 21.2. The number of carbonyl (C=O) groups excluding carboxylic acids is 2. The summed E-state index contributed by atoms with van der Waals surface area (Å²) in [6.07, 6.45) is 0.862. The van der Waals surface area contributed by atoms with Gasteiger partial charge in [0, 0.05) is 6.04 Å². The normalized spacial score (nSPS) is 12.6. The van der Waals surface area contributed by atoms with Crippen molar-refractivity contribution in [2.24, 2.45) is 0 Å². The topological polar surface area (TPSA) is 73.9 Å². The van der Waals surface area contributed by atoms with Gasteiger partial charge in [-0.2, -0.15) is 0 Å². The fourth-order valence-electron chi connectivity index (χ4n) is 2.91. The first-order valence-electron chi connectivity index (χ1n) is 9.67. The third-order valence-corrected chi connectivity index (χ3v) is 4.57. The quantitative estimate of drug-likeness (QED) is 0.621. The van der Waals surface area contributed by atoms with Gasteiger partial charge in [-0.15, -0.1) is 0 Å². The van der Waals surface area contributed by atoms with E-state index in [9.17, 15) is 9.59 Å². The largest absolute Gasteiger partial charge is 0.493 e. The summed E-state index contributed by atoms with van der Waals surface area (Å²) in [5.41, 5.74) is 1.94. The van der Waals surface area contributed by atoms with Gasteiger partial charge in [0.2, 0.25) is 0 Å². The molecular formula is C23H29NO5. The number of benzene rings is 2. The van der Waals surface area contributed by atoms with Crippen LogP contribution in [0.1, 0.15) is 31.4 Å². The van der Waals surface area contributed by atoms with E-state index < -0.39 is 12.1 Å². The number of esters is 1. The van der Waals surface area contributed by atoms with Crippen LogP contribution in [0.25, 0.3) is 0 Å². The SMILES string of the molecule is COc1ccc(CC(=O)O[C@H](C)C(=O)N[C@@H](C)CCc2ccccc2)cc1OC. The smallest absolute Gasteiger partial charge is 0.311 e. The second kappa shape index (κ2) is 11.1. The van der Waals surface area contributed by atoms with Crippen LogP contribution < -0.4 is 14.8 Å². The van der Waals surface area contributed by atoms with Crippen molar-refractivity contribution in [1.29, 1.82) is 0 Å². The molecule has 2 aromatic carbocycles. The van der Waals surface area contributed by atoms with Gasteiger partial charge in [0.25, 0.3) is 5.91 Å². The Hall–Kier alpha value is -3.02. The van der Waals surface area contributed by atoms with Crippen molar-refractivity contribution < 1.29 is 23.8 Å². The molecule has 0 bridgehead atoms. The average molecular weight is 399 g/mol. The summed E-state index contributed by atoms with van der Waals surface area (Å²) >= 11 is 0. The minimum absolute atomic E-state index is 0.0188. The van der Waals surface area contributed by atoms with E-state index in [0.29, 0.717) is 11.5 Å². The van der Waals surface area contributed by atoms with Crippen LogP contribution in [0.2, 0.25) is 0 Å². The zero-order valence-corrected chi connectivity index (χ0v) is 17.4. The maximum atomic E-state index is 12.3. The molecule has 2 rings (SSSR count). The molecular weight excluding hydrogens is 370 g/mol. The van der Waals surface area contributed by atoms with Crippen LogP contribution in [0.5, 0.6) is 11.5 Å². The number of rotatable bonds is 10. The molecule has 6 heteroatoms. The van der Waals surface area contributed by atoms with Gasteiger partial charge in [-0.3, -0.25) is 9.59 Å². The Morgan fingerprint density at radius 1 is 0.931 bits per heavy atom. The van der Waals surface area contributed by atoms with Gasteiger partial charge in [-0.05, 0) is 49.9 Å². The summed E-state index contributed by atoms with van der Waals surface area (Å²) < 4.78 is 15.7. The van der Waals surface area contributed by atoms with Crippen LogP contribution in [0.4, 0.5) is 0 Å². The Labute approximate surface area is 172 Å². The third-order valence-electron chi connectivity index (χ3n) is 4.57. The third kappa shape index (κ3) is 7.14. The zero-order valence-electron chi connectivity index (χ0n) is 17.4. The van der Waals surface area contributed by atoms with Crippen LogP contribution >= 0.6 is 0 Å². The Bertz CT molecular complexity index is 806. The molecule has 0 saturated heterocycles. The van der Waals surface area contributed by atoms with E-state index in [4.69, 9.17) is 14.2 Å². The molecule has 29 heavy (non-hydrogen) atoms. The maximum Gasteiger partial charge on any atom is 0.311 e. The number of amides is 1. The number of hydrogen-bond acceptors (Lipinski definition) is 5. The lowest BCUT2D eigenvalue weighted by Gasteiger charge is -2.18. The first-order valence-corrected chi connectivity index (χ1v) is 9.67. The van der Waals surface area contributed by atoms with Crippen molar-refractivity contribution in [2.75, 3.05) is 14.2 Å². The molecule has 2 atom stereocenters. The number of hydrogen-bond donors (Lipinski definition) is 1. The lowest BCUT2D eigenvalue weighted by molar-refractivity contribution is -0.154. The van der Waals surface area contributed by atoms with E-state index in [-0.39, 0.29) is 18.4 Å². The van der Waals surface area contributed by atoms with Crippen LogP contribution in [-0.2, 0) is 27.2 Å². The molecule has 1 N–H and O–H groups in total. The molecule has 6 nitrogen and oxygen atoms in total. The van der Waals surface area contributed by atoms with Crippen LogP contribution in [0.3, 0.4) is 0 Å². The number of methoxy groups -OCH3 is 2. The standard InChI is InChI=1S/C23H29NO5/c1-16(10-11-18-8-6-5-7-9-18)24-23(26)17(2)29-22(25)15-19-12-13-20(27-3)21(14-19)28-4/h5-9,12-14,16-17H,10-11,15H2,1-4H3,(H,24,26)/t16-,17+/m0/s1. The van der Waals surface area contributed by atoms with Gasteiger partial charge in [0.1, 0.15) is 0 Å². The van der Waals surface area contributed by atoms with Crippen molar-refractivity contribution in [3.63, 3.8) is 0 Å². The van der Waals surface area contributed by atoms with E-state index >= 15 is 0 Å². The minimum atomic E-state index is -0.859. The van der Waals surface area contributed by atoms with Crippen molar-refractivity contribution in [2.45, 2.75) is 45.3 Å².